The van der Waals surface area contributed by atoms with E-state index in [0.29, 0.717) is 26.6 Å². The molecule has 0 fully saturated rings. The van der Waals surface area contributed by atoms with Crippen LogP contribution in [0.15, 0.2) is 83.1 Å². The molecule has 1 N–H and O–H groups in total. The minimum absolute atomic E-state index is 0.0915. The van der Waals surface area contributed by atoms with Crippen LogP contribution in [0.5, 0.6) is 5.75 Å². The first-order valence-corrected chi connectivity index (χ1v) is 11.8. The van der Waals surface area contributed by atoms with Gasteiger partial charge in [-0.2, -0.15) is 5.10 Å². The van der Waals surface area contributed by atoms with Crippen LogP contribution in [0.1, 0.15) is 5.56 Å². The van der Waals surface area contributed by atoms with Crippen molar-refractivity contribution in [2.45, 2.75) is 5.16 Å². The maximum Gasteiger partial charge on any atom is 0.250 e. The van der Waals surface area contributed by atoms with Crippen LogP contribution in [0.2, 0.25) is 10.0 Å². The second-order valence-corrected chi connectivity index (χ2v) is 8.74. The van der Waals surface area contributed by atoms with Gasteiger partial charge in [-0.15, -0.1) is 10.2 Å². The second kappa shape index (κ2) is 11.2. The third-order valence-electron chi connectivity index (χ3n) is 4.70. The molecule has 0 saturated heterocycles. The van der Waals surface area contributed by atoms with Crippen LogP contribution >= 0.6 is 35.0 Å². The van der Waals surface area contributed by atoms with Crippen LogP contribution in [-0.2, 0) is 4.79 Å². The standard InChI is InChI=1S/C24H19Cl2N5O2S/c1-33-20-12-6-16(7-13-20)23-29-30-24(31(23)19-10-8-18(25)9-11-19)34-15-22(32)28-27-14-17-4-2-3-5-21(17)26/h2-14H,15H2,1H3,(H,28,32). The average molecular weight is 512 g/mol. The topological polar surface area (TPSA) is 81.4 Å². The van der Waals surface area contributed by atoms with Crippen molar-refractivity contribution in [1.82, 2.24) is 20.2 Å². The number of hydrogen-bond donors (Lipinski definition) is 1. The van der Waals surface area contributed by atoms with Gasteiger partial charge in [0.05, 0.1) is 19.1 Å². The normalized spacial score (nSPS) is 11.0. The summed E-state index contributed by atoms with van der Waals surface area (Å²) in [6, 6.07) is 22.1. The van der Waals surface area contributed by atoms with Gasteiger partial charge in [0.1, 0.15) is 5.75 Å². The van der Waals surface area contributed by atoms with E-state index in [1.165, 1.54) is 18.0 Å². The molecule has 4 aromatic rings. The quantitative estimate of drug-likeness (QED) is 0.192. The van der Waals surface area contributed by atoms with Gasteiger partial charge in [0.2, 0.25) is 0 Å². The van der Waals surface area contributed by atoms with E-state index in [1.807, 2.05) is 59.2 Å². The molecule has 34 heavy (non-hydrogen) atoms. The third kappa shape index (κ3) is 5.77. The lowest BCUT2D eigenvalue weighted by molar-refractivity contribution is -0.118. The number of aromatic nitrogens is 3. The monoisotopic (exact) mass is 511 g/mol. The Bertz CT molecular complexity index is 1310. The minimum Gasteiger partial charge on any atom is -0.497 e. The Labute approximate surface area is 210 Å². The summed E-state index contributed by atoms with van der Waals surface area (Å²) in [7, 11) is 1.61. The summed E-state index contributed by atoms with van der Waals surface area (Å²) < 4.78 is 7.12. The molecule has 7 nitrogen and oxygen atoms in total. The fraction of sp³-hybridized carbons (Fsp3) is 0.0833. The summed E-state index contributed by atoms with van der Waals surface area (Å²) in [5.41, 5.74) is 4.89. The molecule has 3 aromatic carbocycles. The lowest BCUT2D eigenvalue weighted by atomic mass is 10.2. The summed E-state index contributed by atoms with van der Waals surface area (Å²) in [5, 5.41) is 14.4. The molecule has 10 heteroatoms. The molecule has 0 aliphatic heterocycles. The highest BCUT2D eigenvalue weighted by atomic mass is 35.5. The fourth-order valence-electron chi connectivity index (χ4n) is 3.03. The van der Waals surface area contributed by atoms with Crippen LogP contribution < -0.4 is 10.2 Å². The van der Waals surface area contributed by atoms with Crippen molar-refractivity contribution in [1.29, 1.82) is 0 Å². The Kier molecular flexibility index (Phi) is 7.84. The van der Waals surface area contributed by atoms with Gasteiger partial charge in [-0.05, 0) is 54.6 Å². The number of rotatable bonds is 8. The van der Waals surface area contributed by atoms with Gasteiger partial charge >= 0.3 is 0 Å². The first-order chi connectivity index (χ1) is 16.5. The molecule has 0 saturated carbocycles. The highest BCUT2D eigenvalue weighted by Crippen LogP contribution is 2.29. The lowest BCUT2D eigenvalue weighted by Crippen LogP contribution is -2.20. The average Bonchev–Trinajstić information content (AvgIpc) is 3.28. The van der Waals surface area contributed by atoms with Crippen LogP contribution in [0.4, 0.5) is 0 Å². The summed E-state index contributed by atoms with van der Waals surface area (Å²) >= 11 is 13.4. The van der Waals surface area contributed by atoms with E-state index >= 15 is 0 Å². The number of methoxy groups -OCH3 is 1. The highest BCUT2D eigenvalue weighted by molar-refractivity contribution is 7.99. The van der Waals surface area contributed by atoms with Crippen LogP contribution in [0, 0.1) is 0 Å². The first kappa shape index (κ1) is 23.8. The maximum absolute atomic E-state index is 12.4. The van der Waals surface area contributed by atoms with E-state index in [9.17, 15) is 4.79 Å². The van der Waals surface area contributed by atoms with Gasteiger partial charge in [-0.3, -0.25) is 9.36 Å². The van der Waals surface area contributed by atoms with Crippen molar-refractivity contribution >= 4 is 47.1 Å². The van der Waals surface area contributed by atoms with Crippen molar-refractivity contribution in [3.05, 3.63) is 88.4 Å². The van der Waals surface area contributed by atoms with Gasteiger partial charge in [0.15, 0.2) is 11.0 Å². The van der Waals surface area contributed by atoms with Crippen LogP contribution in [0.3, 0.4) is 0 Å². The molecule has 0 aliphatic carbocycles. The zero-order valence-corrected chi connectivity index (χ0v) is 20.3. The predicted octanol–water partition coefficient (Wildman–Crippen LogP) is 5.49. The largest absolute Gasteiger partial charge is 0.497 e. The Balaban J connectivity index is 1.53. The van der Waals surface area contributed by atoms with Crippen molar-refractivity contribution < 1.29 is 9.53 Å². The number of benzene rings is 3. The van der Waals surface area contributed by atoms with E-state index in [2.05, 4.69) is 20.7 Å². The summed E-state index contributed by atoms with van der Waals surface area (Å²) in [5.74, 6) is 1.17. The molecule has 0 aliphatic rings. The van der Waals surface area contributed by atoms with Crippen LogP contribution in [-0.4, -0.2) is 39.7 Å². The van der Waals surface area contributed by atoms with E-state index in [4.69, 9.17) is 27.9 Å². The van der Waals surface area contributed by atoms with Crippen molar-refractivity contribution in [3.63, 3.8) is 0 Å². The van der Waals surface area contributed by atoms with E-state index in [1.54, 1.807) is 25.3 Å². The molecule has 0 bridgehead atoms. The van der Waals surface area contributed by atoms with Crippen LogP contribution in [0.25, 0.3) is 17.1 Å². The van der Waals surface area contributed by atoms with Crippen molar-refractivity contribution in [3.8, 4) is 22.8 Å². The summed E-state index contributed by atoms with van der Waals surface area (Å²) in [6.07, 6.45) is 1.50. The van der Waals surface area contributed by atoms with Gasteiger partial charge in [0, 0.05) is 26.9 Å². The number of nitrogens with one attached hydrogen (secondary N) is 1. The van der Waals surface area contributed by atoms with Gasteiger partial charge in [-0.1, -0.05) is 53.2 Å². The zero-order chi connectivity index (χ0) is 23.9. The smallest absolute Gasteiger partial charge is 0.250 e. The maximum atomic E-state index is 12.4. The molecule has 0 atom stereocenters. The van der Waals surface area contributed by atoms with E-state index in [0.717, 1.165) is 17.0 Å². The number of ether oxygens (including phenoxy) is 1. The zero-order valence-electron chi connectivity index (χ0n) is 18.0. The van der Waals surface area contributed by atoms with Gasteiger partial charge in [-0.25, -0.2) is 5.43 Å². The van der Waals surface area contributed by atoms with Crippen molar-refractivity contribution in [2.24, 2.45) is 5.10 Å². The SMILES string of the molecule is COc1ccc(-c2nnc(SCC(=O)NN=Cc3ccccc3Cl)n2-c2ccc(Cl)cc2)cc1. The van der Waals surface area contributed by atoms with E-state index < -0.39 is 0 Å². The second-order valence-electron chi connectivity index (χ2n) is 6.95. The third-order valence-corrected chi connectivity index (χ3v) is 6.22. The number of halogens is 2. The molecule has 0 radical (unpaired) electrons. The number of carbonyl (C=O) groups is 1. The molecule has 0 spiro atoms. The molecule has 1 amide bonds. The van der Waals surface area contributed by atoms with Gasteiger partial charge in [0.25, 0.3) is 5.91 Å². The molecule has 172 valence electrons. The number of nitrogens with zero attached hydrogens (tertiary/aromatic N) is 4. The molecule has 4 rings (SSSR count). The fourth-order valence-corrected chi connectivity index (χ4v) is 4.08. The van der Waals surface area contributed by atoms with Crippen molar-refractivity contribution in [2.75, 3.05) is 12.9 Å². The number of hydrogen-bond acceptors (Lipinski definition) is 6. The molecule has 1 heterocycles. The lowest BCUT2D eigenvalue weighted by Gasteiger charge is -2.11. The number of amides is 1. The molecular formula is C24H19Cl2N5O2S. The predicted molar refractivity (Wildman–Crippen MR) is 136 cm³/mol. The van der Waals surface area contributed by atoms with E-state index in [-0.39, 0.29) is 11.7 Å². The number of carbonyl (C=O) groups excluding carboxylic acids is 1. The minimum atomic E-state index is -0.287. The number of hydrazone groups is 1. The first-order valence-electron chi connectivity index (χ1n) is 10.1. The number of thioether (sulfide) groups is 1. The Morgan fingerprint density at radius 1 is 1.06 bits per heavy atom. The Morgan fingerprint density at radius 2 is 1.79 bits per heavy atom. The summed E-state index contributed by atoms with van der Waals surface area (Å²) in [4.78, 5) is 12.4. The molecule has 0 unspecified atom stereocenters. The highest BCUT2D eigenvalue weighted by Gasteiger charge is 2.17. The molecular weight excluding hydrogens is 493 g/mol. The Morgan fingerprint density at radius 3 is 2.50 bits per heavy atom. The van der Waals surface area contributed by atoms with Gasteiger partial charge < -0.3 is 4.74 Å². The Hall–Kier alpha value is -3.33. The summed E-state index contributed by atoms with van der Waals surface area (Å²) in [6.45, 7) is 0. The molecule has 1 aromatic heterocycles.